The van der Waals surface area contributed by atoms with Gasteiger partial charge in [-0.3, -0.25) is 0 Å². The van der Waals surface area contributed by atoms with Crippen LogP contribution in [0, 0.1) is 0 Å². The van der Waals surface area contributed by atoms with E-state index in [1.54, 1.807) is 6.08 Å². The number of esters is 1. The van der Waals surface area contributed by atoms with Gasteiger partial charge in [-0.15, -0.1) is 0 Å². The molecule has 0 aliphatic rings. The number of benzene rings is 3. The van der Waals surface area contributed by atoms with Gasteiger partial charge in [-0.2, -0.15) is 0 Å². The van der Waals surface area contributed by atoms with Crippen molar-refractivity contribution in [2.75, 3.05) is 13.7 Å². The molecule has 0 fully saturated rings. The lowest BCUT2D eigenvalue weighted by molar-refractivity contribution is -0.134. The summed E-state index contributed by atoms with van der Waals surface area (Å²) in [5.74, 6) is -0.383. The third-order valence-corrected chi connectivity index (χ3v) is 11.4. The van der Waals surface area contributed by atoms with Gasteiger partial charge in [-0.25, -0.2) is 4.79 Å². The van der Waals surface area contributed by atoms with Crippen LogP contribution >= 0.6 is 0 Å². The molecule has 0 heterocycles. The molecule has 190 valence electrons. The first-order valence-corrected chi connectivity index (χ1v) is 14.4. The van der Waals surface area contributed by atoms with Crippen LogP contribution in [0.1, 0.15) is 39.2 Å². The lowest BCUT2D eigenvalue weighted by Crippen LogP contribution is -2.66. The first-order chi connectivity index (χ1) is 17.4. The highest BCUT2D eigenvalue weighted by Crippen LogP contribution is 2.36. The van der Waals surface area contributed by atoms with Gasteiger partial charge in [0.1, 0.15) is 0 Å². The second-order valence-electron chi connectivity index (χ2n) is 9.87. The Hall–Kier alpha value is -2.99. The van der Waals surface area contributed by atoms with E-state index in [9.17, 15) is 4.79 Å². The van der Waals surface area contributed by atoms with Gasteiger partial charge in [0.25, 0.3) is 8.32 Å². The normalized spacial score (nSPS) is 13.0. The van der Waals surface area contributed by atoms with Gasteiger partial charge < -0.3 is 13.9 Å². The van der Waals surface area contributed by atoms with Crippen LogP contribution in [0.25, 0.3) is 0 Å². The molecular weight excluding hydrogens is 464 g/mol. The molecule has 0 aliphatic carbocycles. The number of carbonyl (C=O) groups excluding carboxylic acids is 1. The number of hydrogen-bond donors (Lipinski definition) is 0. The van der Waals surface area contributed by atoms with Crippen LogP contribution in [0.5, 0.6) is 0 Å². The Bertz CT molecular complexity index is 1040. The van der Waals surface area contributed by atoms with Crippen molar-refractivity contribution >= 4 is 24.7 Å². The quantitative estimate of drug-likeness (QED) is 0.139. The highest BCUT2D eigenvalue weighted by Gasteiger charge is 2.49. The lowest BCUT2D eigenvalue weighted by Gasteiger charge is -2.43. The fourth-order valence-electron chi connectivity index (χ4n) is 4.54. The van der Waals surface area contributed by atoms with Crippen molar-refractivity contribution < 1.29 is 18.7 Å². The zero-order chi connectivity index (χ0) is 25.9. The van der Waals surface area contributed by atoms with Crippen molar-refractivity contribution in [1.29, 1.82) is 0 Å². The molecule has 0 N–H and O–H groups in total. The molecule has 1 atom stereocenters. The molecule has 4 nitrogen and oxygen atoms in total. The van der Waals surface area contributed by atoms with Crippen molar-refractivity contribution in [2.45, 2.75) is 51.4 Å². The molecule has 0 saturated heterocycles. The Morgan fingerprint density at radius 1 is 0.861 bits per heavy atom. The van der Waals surface area contributed by atoms with Crippen LogP contribution in [0.3, 0.4) is 0 Å². The first kappa shape index (κ1) is 27.6. The smallest absolute Gasteiger partial charge is 0.330 e. The summed E-state index contributed by atoms with van der Waals surface area (Å²) < 4.78 is 17.9. The highest BCUT2D eigenvalue weighted by atomic mass is 28.4. The van der Waals surface area contributed by atoms with E-state index < -0.39 is 8.32 Å². The average Bonchev–Trinajstić information content (AvgIpc) is 2.90. The van der Waals surface area contributed by atoms with Crippen molar-refractivity contribution in [1.82, 2.24) is 0 Å². The van der Waals surface area contributed by atoms with E-state index in [1.165, 1.54) is 23.6 Å². The largest absolute Gasteiger partial charge is 0.466 e. The summed E-state index contributed by atoms with van der Waals surface area (Å²) in [6.07, 6.45) is 4.55. The highest BCUT2D eigenvalue weighted by molar-refractivity contribution is 6.99. The number of ether oxygens (including phenoxy) is 2. The summed E-state index contributed by atoms with van der Waals surface area (Å²) in [7, 11) is -1.19. The second kappa shape index (κ2) is 13.4. The zero-order valence-electron chi connectivity index (χ0n) is 21.9. The molecule has 0 bridgehead atoms. The van der Waals surface area contributed by atoms with Crippen LogP contribution in [-0.2, 0) is 25.3 Å². The van der Waals surface area contributed by atoms with Crippen molar-refractivity contribution in [3.05, 3.63) is 109 Å². The molecule has 0 radical (unpaired) electrons. The standard InChI is InChI=1S/C31H38O4Si/c1-31(2,3)36(28-18-10-6-11-19-28,29-20-12-7-13-21-29)35-24-14-17-27(22-23-30(32)33-4)34-25-26-15-8-5-9-16-26/h5-13,15-16,18-23,27H,14,17,24-25H2,1-4H3/b23-22+/t27-/m0/s1. The first-order valence-electron chi connectivity index (χ1n) is 12.5. The predicted octanol–water partition coefficient (Wildman–Crippen LogP) is 5.66. The maximum atomic E-state index is 11.7. The van der Waals surface area contributed by atoms with Crippen LogP contribution in [0.15, 0.2) is 103 Å². The van der Waals surface area contributed by atoms with Crippen LogP contribution in [-0.4, -0.2) is 34.1 Å². The minimum Gasteiger partial charge on any atom is -0.466 e. The van der Waals surface area contributed by atoms with E-state index in [4.69, 9.17) is 13.9 Å². The molecule has 0 spiro atoms. The summed E-state index contributed by atoms with van der Waals surface area (Å²) in [5.41, 5.74) is 1.09. The van der Waals surface area contributed by atoms with E-state index in [0.29, 0.717) is 13.2 Å². The van der Waals surface area contributed by atoms with Gasteiger partial charge in [0.2, 0.25) is 0 Å². The van der Waals surface area contributed by atoms with E-state index in [1.807, 2.05) is 30.3 Å². The minimum absolute atomic E-state index is 0.0658. The summed E-state index contributed by atoms with van der Waals surface area (Å²) in [6, 6.07) is 31.4. The molecule has 0 amide bonds. The van der Waals surface area contributed by atoms with Gasteiger partial charge in [-0.1, -0.05) is 112 Å². The molecule has 36 heavy (non-hydrogen) atoms. The third-order valence-electron chi connectivity index (χ3n) is 6.32. The molecule has 0 aliphatic heterocycles. The van der Waals surface area contributed by atoms with Gasteiger partial charge in [0.05, 0.1) is 19.8 Å². The summed E-state index contributed by atoms with van der Waals surface area (Å²) >= 11 is 0. The number of hydrogen-bond acceptors (Lipinski definition) is 4. The van der Waals surface area contributed by atoms with Crippen LogP contribution in [0.2, 0.25) is 5.04 Å². The van der Waals surface area contributed by atoms with E-state index in [2.05, 4.69) is 81.4 Å². The molecule has 0 saturated carbocycles. The summed E-state index contributed by atoms with van der Waals surface area (Å²) in [5, 5.41) is 2.47. The Kier molecular flexibility index (Phi) is 10.2. The monoisotopic (exact) mass is 502 g/mol. The Labute approximate surface area is 217 Å². The predicted molar refractivity (Wildman–Crippen MR) is 149 cm³/mol. The maximum Gasteiger partial charge on any atom is 0.330 e. The minimum atomic E-state index is -2.57. The molecule has 0 unspecified atom stereocenters. The Morgan fingerprint density at radius 2 is 1.39 bits per heavy atom. The summed E-state index contributed by atoms with van der Waals surface area (Å²) in [4.78, 5) is 11.7. The molecule has 0 aromatic heterocycles. The number of methoxy groups -OCH3 is 1. The zero-order valence-corrected chi connectivity index (χ0v) is 22.9. The maximum absolute atomic E-state index is 11.7. The number of rotatable bonds is 12. The van der Waals surface area contributed by atoms with Crippen molar-refractivity contribution in [2.24, 2.45) is 0 Å². The molecule has 3 aromatic carbocycles. The molecule has 3 rings (SSSR count). The Morgan fingerprint density at radius 3 is 1.89 bits per heavy atom. The SMILES string of the molecule is COC(=O)/C=C/[C@H](CCCO[Si](c1ccccc1)(c1ccccc1)C(C)(C)C)OCc1ccccc1. The Balaban J connectivity index is 1.76. The topological polar surface area (TPSA) is 44.8 Å². The van der Waals surface area contributed by atoms with Crippen LogP contribution < -0.4 is 10.4 Å². The van der Waals surface area contributed by atoms with E-state index in [-0.39, 0.29) is 17.1 Å². The van der Waals surface area contributed by atoms with Gasteiger partial charge >= 0.3 is 5.97 Å². The van der Waals surface area contributed by atoms with E-state index >= 15 is 0 Å². The van der Waals surface area contributed by atoms with Gasteiger partial charge in [-0.05, 0) is 39.9 Å². The molecular formula is C31H38O4Si. The molecule has 5 heteroatoms. The second-order valence-corrected chi connectivity index (χ2v) is 14.2. The van der Waals surface area contributed by atoms with Crippen molar-refractivity contribution in [3.8, 4) is 0 Å². The number of carbonyl (C=O) groups is 1. The molecule has 3 aromatic rings. The van der Waals surface area contributed by atoms with E-state index in [0.717, 1.165) is 18.4 Å². The average molecular weight is 503 g/mol. The fourth-order valence-corrected chi connectivity index (χ4v) is 9.14. The summed E-state index contributed by atoms with van der Waals surface area (Å²) in [6.45, 7) is 7.93. The van der Waals surface area contributed by atoms with Gasteiger partial charge in [0.15, 0.2) is 0 Å². The third kappa shape index (κ3) is 7.26. The van der Waals surface area contributed by atoms with Gasteiger partial charge in [0, 0.05) is 12.7 Å². The lowest BCUT2D eigenvalue weighted by atomic mass is 10.2. The fraction of sp³-hybridized carbons (Fsp3) is 0.323. The van der Waals surface area contributed by atoms with Crippen LogP contribution in [0.4, 0.5) is 0 Å². The van der Waals surface area contributed by atoms with Crippen molar-refractivity contribution in [3.63, 3.8) is 0 Å².